The van der Waals surface area contributed by atoms with Crippen LogP contribution in [0, 0.1) is 28.1 Å². The van der Waals surface area contributed by atoms with Crippen LogP contribution in [0.4, 0.5) is 5.82 Å². The summed E-state index contributed by atoms with van der Waals surface area (Å²) in [5.41, 5.74) is 2.85. The summed E-state index contributed by atoms with van der Waals surface area (Å²) in [4.78, 5) is 14.1. The summed E-state index contributed by atoms with van der Waals surface area (Å²) in [6.07, 6.45) is 13.0. The van der Waals surface area contributed by atoms with E-state index in [0.717, 1.165) is 36.7 Å². The topological polar surface area (TPSA) is 116 Å². The van der Waals surface area contributed by atoms with Crippen LogP contribution in [0.3, 0.4) is 0 Å². The van der Waals surface area contributed by atoms with Crippen LogP contribution >= 0.6 is 0 Å². The molecule has 4 atom stereocenters. The van der Waals surface area contributed by atoms with E-state index in [9.17, 15) is 10.5 Å². The number of nitrogens with zero attached hydrogens (tertiary/aromatic N) is 8. The Labute approximate surface area is 246 Å². The summed E-state index contributed by atoms with van der Waals surface area (Å²) in [6.45, 7) is 6.90. The van der Waals surface area contributed by atoms with Gasteiger partial charge in [-0.05, 0) is 43.0 Å². The molecule has 7 rings (SSSR count). The summed E-state index contributed by atoms with van der Waals surface area (Å²) < 4.78 is 12.9. The Hall–Kier alpha value is -4.67. The quantitative estimate of drug-likeness (QED) is 0.372. The zero-order chi connectivity index (χ0) is 29.3. The molecule has 2 bridgehead atoms. The van der Waals surface area contributed by atoms with Crippen LogP contribution in [0.5, 0.6) is 5.88 Å². The maximum Gasteiger partial charge on any atom is 0.212 e. The minimum absolute atomic E-state index is 0.224. The number of pyridine rings is 2. The molecule has 10 nitrogen and oxygen atoms in total. The van der Waals surface area contributed by atoms with Crippen LogP contribution in [0.15, 0.2) is 60.8 Å². The van der Waals surface area contributed by atoms with Crippen LogP contribution < -0.4 is 9.64 Å². The van der Waals surface area contributed by atoms with Gasteiger partial charge in [-0.15, -0.1) is 0 Å². The van der Waals surface area contributed by atoms with E-state index in [1.54, 1.807) is 24.2 Å². The van der Waals surface area contributed by atoms with Crippen LogP contribution in [0.2, 0.25) is 0 Å². The zero-order valence-electron chi connectivity index (χ0n) is 24.1. The van der Waals surface area contributed by atoms with Crippen molar-refractivity contribution >= 4 is 12.0 Å². The van der Waals surface area contributed by atoms with Crippen molar-refractivity contribution in [2.75, 3.05) is 31.7 Å². The van der Waals surface area contributed by atoms with Crippen molar-refractivity contribution in [2.24, 2.45) is 5.41 Å². The molecule has 7 heterocycles. The number of rotatable bonds is 9. The molecular formula is C32H34N8O2. The van der Waals surface area contributed by atoms with Crippen LogP contribution in [-0.4, -0.2) is 63.5 Å². The second kappa shape index (κ2) is 11.3. The number of piperidine rings is 1. The maximum atomic E-state index is 9.81. The molecule has 10 heteroatoms. The lowest BCUT2D eigenvalue weighted by molar-refractivity contribution is -0.00877. The SMILES string of the molecule is CCC(C)(C#N)COC1=Cn2ncc(C#N)c2C(c2ccc(N3CC4CC(C3)N4Cc3ccc(OC)nc3)nc2)C=C1. The van der Waals surface area contributed by atoms with Crippen LogP contribution in [0.25, 0.3) is 6.20 Å². The molecule has 3 fully saturated rings. The summed E-state index contributed by atoms with van der Waals surface area (Å²) in [5.74, 6) is 1.96. The first kappa shape index (κ1) is 27.5. The molecule has 42 heavy (non-hydrogen) atoms. The van der Waals surface area contributed by atoms with Crippen molar-refractivity contribution in [1.29, 1.82) is 10.5 Å². The number of hydrogen-bond donors (Lipinski definition) is 0. The van der Waals surface area contributed by atoms with Crippen molar-refractivity contribution in [3.63, 3.8) is 0 Å². The van der Waals surface area contributed by atoms with Gasteiger partial charge in [-0.2, -0.15) is 15.6 Å². The summed E-state index contributed by atoms with van der Waals surface area (Å²) in [5, 5.41) is 23.8. The average Bonchev–Trinajstić information content (AvgIpc) is 3.35. The number of nitriles is 2. The van der Waals surface area contributed by atoms with Crippen LogP contribution in [-0.2, 0) is 11.3 Å². The third kappa shape index (κ3) is 5.22. The molecule has 0 radical (unpaired) electrons. The predicted octanol–water partition coefficient (Wildman–Crippen LogP) is 4.47. The normalized spacial score (nSPS) is 22.5. The lowest BCUT2D eigenvalue weighted by Gasteiger charge is -2.56. The van der Waals surface area contributed by atoms with Gasteiger partial charge in [-0.25, -0.2) is 14.6 Å². The van der Waals surface area contributed by atoms with Gasteiger partial charge in [-0.3, -0.25) is 4.90 Å². The number of hydrogen-bond acceptors (Lipinski definition) is 9. The molecule has 4 aliphatic heterocycles. The van der Waals surface area contributed by atoms with Gasteiger partial charge in [0.25, 0.3) is 0 Å². The zero-order valence-corrected chi connectivity index (χ0v) is 24.1. The number of allylic oxidation sites excluding steroid dienone is 2. The largest absolute Gasteiger partial charge is 0.490 e. The molecule has 0 aromatic carbocycles. The molecule has 4 aliphatic rings. The molecule has 0 saturated carbocycles. The van der Waals surface area contributed by atoms with Gasteiger partial charge in [0.2, 0.25) is 5.88 Å². The Morgan fingerprint density at radius 3 is 2.55 bits per heavy atom. The predicted molar refractivity (Wildman–Crippen MR) is 157 cm³/mol. The van der Waals surface area contributed by atoms with Gasteiger partial charge in [0.05, 0.1) is 42.2 Å². The fourth-order valence-corrected chi connectivity index (χ4v) is 5.86. The molecule has 0 N–H and O–H groups in total. The Bertz CT molecular complexity index is 1570. The fourth-order valence-electron chi connectivity index (χ4n) is 5.86. The monoisotopic (exact) mass is 562 g/mol. The number of ether oxygens (including phenoxy) is 2. The average molecular weight is 563 g/mol. The standard InChI is InChI=1S/C32H34N8O2/c1-4-32(2,20-34)21-42-27-7-8-28(31-24(12-33)15-37-40(31)19-27)23-6-9-29(35-14-23)38-17-25-11-26(18-38)39(25)16-22-5-10-30(41-3)36-13-22/h5-10,13-15,19,25-26,28H,4,11,16-18,21H2,1-3H3. The van der Waals surface area contributed by atoms with E-state index in [1.165, 1.54) is 12.0 Å². The van der Waals surface area contributed by atoms with Gasteiger partial charge in [-0.1, -0.05) is 25.1 Å². The lowest BCUT2D eigenvalue weighted by atomic mass is 9.87. The highest BCUT2D eigenvalue weighted by Crippen LogP contribution is 2.37. The molecule has 3 aromatic rings. The van der Waals surface area contributed by atoms with Crippen molar-refractivity contribution < 1.29 is 9.47 Å². The highest BCUT2D eigenvalue weighted by Gasteiger charge is 2.44. The van der Waals surface area contributed by atoms with Gasteiger partial charge < -0.3 is 14.4 Å². The third-order valence-electron chi connectivity index (χ3n) is 8.73. The minimum Gasteiger partial charge on any atom is -0.490 e. The Morgan fingerprint density at radius 2 is 1.90 bits per heavy atom. The molecule has 0 amide bonds. The van der Waals surface area contributed by atoms with E-state index in [-0.39, 0.29) is 12.5 Å². The first-order chi connectivity index (χ1) is 20.4. The number of methoxy groups -OCH3 is 1. The molecule has 0 aliphatic carbocycles. The van der Waals surface area contributed by atoms with E-state index in [1.807, 2.05) is 44.5 Å². The number of aromatic nitrogens is 4. The second-order valence-electron chi connectivity index (χ2n) is 11.5. The Balaban J connectivity index is 1.15. The summed E-state index contributed by atoms with van der Waals surface area (Å²) >= 11 is 0. The minimum atomic E-state index is -0.579. The number of anilines is 1. The van der Waals surface area contributed by atoms with Gasteiger partial charge in [0.1, 0.15) is 24.3 Å². The van der Waals surface area contributed by atoms with E-state index in [0.29, 0.717) is 35.7 Å². The highest BCUT2D eigenvalue weighted by atomic mass is 16.5. The molecular weight excluding hydrogens is 528 g/mol. The lowest BCUT2D eigenvalue weighted by Crippen LogP contribution is -2.68. The summed E-state index contributed by atoms with van der Waals surface area (Å²) in [7, 11) is 1.63. The van der Waals surface area contributed by atoms with Gasteiger partial charge in [0.15, 0.2) is 0 Å². The first-order valence-electron chi connectivity index (χ1n) is 14.3. The first-order valence-corrected chi connectivity index (χ1v) is 14.3. The van der Waals surface area contributed by atoms with Crippen molar-refractivity contribution in [2.45, 2.75) is 51.2 Å². The van der Waals surface area contributed by atoms with Crippen molar-refractivity contribution in [3.8, 4) is 18.0 Å². The van der Waals surface area contributed by atoms with Crippen molar-refractivity contribution in [3.05, 3.63) is 83.2 Å². The van der Waals surface area contributed by atoms with E-state index in [2.05, 4.69) is 50.2 Å². The van der Waals surface area contributed by atoms with Crippen molar-refractivity contribution in [1.82, 2.24) is 24.6 Å². The smallest absolute Gasteiger partial charge is 0.212 e. The maximum absolute atomic E-state index is 9.81. The summed E-state index contributed by atoms with van der Waals surface area (Å²) in [6, 6.07) is 13.8. The highest BCUT2D eigenvalue weighted by molar-refractivity contribution is 5.52. The third-order valence-corrected chi connectivity index (χ3v) is 8.73. The molecule has 214 valence electrons. The molecule has 4 unspecified atom stereocenters. The van der Waals surface area contributed by atoms with Gasteiger partial charge >= 0.3 is 0 Å². The van der Waals surface area contributed by atoms with Gasteiger partial charge in [0, 0.05) is 56.1 Å². The molecule has 3 saturated heterocycles. The molecule has 3 aromatic heterocycles. The van der Waals surface area contributed by atoms with E-state index >= 15 is 0 Å². The fraction of sp³-hybridized carbons (Fsp3) is 0.406. The Morgan fingerprint density at radius 1 is 1.07 bits per heavy atom. The van der Waals surface area contributed by atoms with Crippen LogP contribution in [0.1, 0.15) is 55.0 Å². The van der Waals surface area contributed by atoms with E-state index < -0.39 is 5.41 Å². The van der Waals surface area contributed by atoms with E-state index in [4.69, 9.17) is 14.5 Å². The number of piperazine rings is 1. The number of fused-ring (bicyclic) bond motifs is 3. The second-order valence-corrected chi connectivity index (χ2v) is 11.5. The molecule has 0 spiro atoms. The Kier molecular flexibility index (Phi) is 7.40.